The monoisotopic (exact) mass is 439 g/mol. The van der Waals surface area contributed by atoms with Gasteiger partial charge in [-0.2, -0.15) is 0 Å². The van der Waals surface area contributed by atoms with Crippen molar-refractivity contribution in [1.29, 1.82) is 0 Å². The van der Waals surface area contributed by atoms with Gasteiger partial charge in [0.1, 0.15) is 6.61 Å². The summed E-state index contributed by atoms with van der Waals surface area (Å²) >= 11 is 0. The van der Waals surface area contributed by atoms with Crippen molar-refractivity contribution in [3.63, 3.8) is 0 Å². The molecule has 0 aromatic heterocycles. The standard InChI is InChI=1S/C25H33N3O4/c1-4-31-24(29)21-12-14-28(15-13-21)25(26-2)27-17-20-10-11-22(23(16-20)30-3)32-18-19-8-6-5-7-9-19/h5-11,16,21H,4,12-15,17-18H2,1-3H3,(H,26,27). The first-order chi connectivity index (χ1) is 15.6. The molecule has 0 radical (unpaired) electrons. The first-order valence-electron chi connectivity index (χ1n) is 11.1. The summed E-state index contributed by atoms with van der Waals surface area (Å²) in [5.41, 5.74) is 2.17. The first-order valence-corrected chi connectivity index (χ1v) is 11.1. The van der Waals surface area contributed by atoms with Crippen LogP contribution in [0.15, 0.2) is 53.5 Å². The molecule has 0 spiro atoms. The van der Waals surface area contributed by atoms with Crippen LogP contribution in [-0.4, -0.2) is 50.7 Å². The number of aliphatic imine (C=N–C) groups is 1. The van der Waals surface area contributed by atoms with E-state index in [1.807, 2.05) is 55.5 Å². The van der Waals surface area contributed by atoms with Crippen LogP contribution in [0, 0.1) is 5.92 Å². The van der Waals surface area contributed by atoms with E-state index in [2.05, 4.69) is 15.2 Å². The van der Waals surface area contributed by atoms with Crippen molar-refractivity contribution < 1.29 is 19.0 Å². The van der Waals surface area contributed by atoms with Crippen LogP contribution in [0.3, 0.4) is 0 Å². The number of carbonyl (C=O) groups is 1. The minimum atomic E-state index is -0.0863. The Bertz CT molecular complexity index is 893. The molecule has 0 amide bonds. The van der Waals surface area contributed by atoms with Gasteiger partial charge in [0.2, 0.25) is 0 Å². The number of nitrogens with one attached hydrogen (secondary N) is 1. The van der Waals surface area contributed by atoms with E-state index in [1.54, 1.807) is 14.2 Å². The number of hydrogen-bond acceptors (Lipinski definition) is 5. The molecule has 7 heteroatoms. The maximum Gasteiger partial charge on any atom is 0.309 e. The fourth-order valence-corrected chi connectivity index (χ4v) is 3.78. The second-order valence-electron chi connectivity index (χ2n) is 7.67. The number of guanidine groups is 1. The quantitative estimate of drug-likeness (QED) is 0.385. The molecule has 172 valence electrons. The molecule has 1 saturated heterocycles. The van der Waals surface area contributed by atoms with Crippen molar-refractivity contribution in [2.24, 2.45) is 10.9 Å². The molecule has 0 unspecified atom stereocenters. The zero-order valence-electron chi connectivity index (χ0n) is 19.2. The zero-order valence-corrected chi connectivity index (χ0v) is 19.2. The van der Waals surface area contributed by atoms with E-state index < -0.39 is 0 Å². The Kier molecular flexibility index (Phi) is 8.78. The maximum absolute atomic E-state index is 12.0. The maximum atomic E-state index is 12.0. The highest BCUT2D eigenvalue weighted by atomic mass is 16.5. The third-order valence-corrected chi connectivity index (χ3v) is 5.54. The fourth-order valence-electron chi connectivity index (χ4n) is 3.78. The second kappa shape index (κ2) is 12.0. The summed E-state index contributed by atoms with van der Waals surface area (Å²) in [4.78, 5) is 18.6. The average molecular weight is 440 g/mol. The van der Waals surface area contributed by atoms with E-state index in [0.29, 0.717) is 31.3 Å². The van der Waals surface area contributed by atoms with Crippen molar-refractivity contribution in [2.75, 3.05) is 33.9 Å². The molecule has 0 atom stereocenters. The second-order valence-corrected chi connectivity index (χ2v) is 7.67. The van der Waals surface area contributed by atoms with Gasteiger partial charge in [-0.3, -0.25) is 9.79 Å². The molecule has 0 aliphatic carbocycles. The number of ether oxygens (including phenoxy) is 3. The molecule has 1 heterocycles. The van der Waals surface area contributed by atoms with Crippen LogP contribution in [0.25, 0.3) is 0 Å². The van der Waals surface area contributed by atoms with Gasteiger partial charge in [0.15, 0.2) is 17.5 Å². The number of carbonyl (C=O) groups excluding carboxylic acids is 1. The number of piperidine rings is 1. The normalized spacial score (nSPS) is 14.7. The van der Waals surface area contributed by atoms with Crippen LogP contribution in [0.2, 0.25) is 0 Å². The van der Waals surface area contributed by atoms with Gasteiger partial charge < -0.3 is 24.4 Å². The summed E-state index contributed by atoms with van der Waals surface area (Å²) < 4.78 is 16.6. The smallest absolute Gasteiger partial charge is 0.309 e. The Labute approximate surface area is 190 Å². The molecule has 3 rings (SSSR count). The predicted octanol–water partition coefficient (Wildman–Crippen LogP) is 3.62. The number of hydrogen-bond donors (Lipinski definition) is 1. The molecular formula is C25H33N3O4. The van der Waals surface area contributed by atoms with E-state index in [-0.39, 0.29) is 11.9 Å². The number of methoxy groups -OCH3 is 1. The van der Waals surface area contributed by atoms with Gasteiger partial charge in [-0.1, -0.05) is 36.4 Å². The number of rotatable bonds is 8. The molecule has 1 aliphatic heterocycles. The van der Waals surface area contributed by atoms with E-state index in [0.717, 1.165) is 43.0 Å². The molecule has 32 heavy (non-hydrogen) atoms. The van der Waals surface area contributed by atoms with Crippen LogP contribution >= 0.6 is 0 Å². The van der Waals surface area contributed by atoms with Gasteiger partial charge in [0.05, 0.1) is 19.6 Å². The molecule has 2 aromatic carbocycles. The van der Waals surface area contributed by atoms with Crippen molar-refractivity contribution in [3.8, 4) is 11.5 Å². The van der Waals surface area contributed by atoms with E-state index in [4.69, 9.17) is 14.2 Å². The topological polar surface area (TPSA) is 72.4 Å². The van der Waals surface area contributed by atoms with Gasteiger partial charge in [-0.15, -0.1) is 0 Å². The Morgan fingerprint density at radius 2 is 1.84 bits per heavy atom. The molecule has 1 fully saturated rings. The van der Waals surface area contributed by atoms with Crippen molar-refractivity contribution in [1.82, 2.24) is 10.2 Å². The Morgan fingerprint density at radius 1 is 1.09 bits per heavy atom. The Morgan fingerprint density at radius 3 is 2.50 bits per heavy atom. The number of nitrogens with zero attached hydrogens (tertiary/aromatic N) is 2. The summed E-state index contributed by atoms with van der Waals surface area (Å²) in [6.07, 6.45) is 1.56. The minimum absolute atomic E-state index is 0.0167. The zero-order chi connectivity index (χ0) is 22.8. The molecule has 7 nitrogen and oxygen atoms in total. The SMILES string of the molecule is CCOC(=O)C1CCN(C(=NC)NCc2ccc(OCc3ccccc3)c(OC)c2)CC1. The third-order valence-electron chi connectivity index (χ3n) is 5.54. The van der Waals surface area contributed by atoms with Gasteiger partial charge in [-0.05, 0) is 43.0 Å². The van der Waals surface area contributed by atoms with Crippen LogP contribution in [0.4, 0.5) is 0 Å². The predicted molar refractivity (Wildman–Crippen MR) is 125 cm³/mol. The fraction of sp³-hybridized carbons (Fsp3) is 0.440. The number of esters is 1. The summed E-state index contributed by atoms with van der Waals surface area (Å²) in [7, 11) is 3.43. The van der Waals surface area contributed by atoms with Gasteiger partial charge >= 0.3 is 5.97 Å². The lowest BCUT2D eigenvalue weighted by Gasteiger charge is -2.33. The lowest BCUT2D eigenvalue weighted by atomic mass is 9.97. The number of benzene rings is 2. The van der Waals surface area contributed by atoms with Crippen molar-refractivity contribution in [3.05, 3.63) is 59.7 Å². The largest absolute Gasteiger partial charge is 0.493 e. The molecule has 1 aliphatic rings. The molecule has 0 saturated carbocycles. The van der Waals surface area contributed by atoms with Crippen LogP contribution in [0.5, 0.6) is 11.5 Å². The molecule has 1 N–H and O–H groups in total. The van der Waals surface area contributed by atoms with Gasteiger partial charge in [-0.25, -0.2) is 0 Å². The minimum Gasteiger partial charge on any atom is -0.493 e. The first kappa shape index (κ1) is 23.4. The lowest BCUT2D eigenvalue weighted by molar-refractivity contribution is -0.149. The van der Waals surface area contributed by atoms with E-state index in [9.17, 15) is 4.79 Å². The molecule has 2 aromatic rings. The summed E-state index contributed by atoms with van der Waals surface area (Å²) in [5, 5.41) is 3.42. The molecular weight excluding hydrogens is 406 g/mol. The average Bonchev–Trinajstić information content (AvgIpc) is 2.84. The van der Waals surface area contributed by atoms with Crippen LogP contribution in [0.1, 0.15) is 30.9 Å². The summed E-state index contributed by atoms with van der Waals surface area (Å²) in [5.74, 6) is 2.14. The van der Waals surface area contributed by atoms with Crippen LogP contribution < -0.4 is 14.8 Å². The van der Waals surface area contributed by atoms with Gasteiger partial charge in [0.25, 0.3) is 0 Å². The Balaban J connectivity index is 1.53. The van der Waals surface area contributed by atoms with Crippen molar-refractivity contribution in [2.45, 2.75) is 32.9 Å². The highest BCUT2D eigenvalue weighted by Crippen LogP contribution is 2.29. The molecule has 0 bridgehead atoms. The highest BCUT2D eigenvalue weighted by Gasteiger charge is 2.27. The van der Waals surface area contributed by atoms with E-state index in [1.165, 1.54) is 0 Å². The van der Waals surface area contributed by atoms with E-state index >= 15 is 0 Å². The number of likely N-dealkylation sites (tertiary alicyclic amines) is 1. The third kappa shape index (κ3) is 6.39. The highest BCUT2D eigenvalue weighted by molar-refractivity contribution is 5.80. The van der Waals surface area contributed by atoms with Crippen LogP contribution in [-0.2, 0) is 22.7 Å². The summed E-state index contributed by atoms with van der Waals surface area (Å²) in [6, 6.07) is 16.0. The summed E-state index contributed by atoms with van der Waals surface area (Å²) in [6.45, 7) is 4.93. The van der Waals surface area contributed by atoms with Crippen molar-refractivity contribution >= 4 is 11.9 Å². The Hall–Kier alpha value is -3.22. The lowest BCUT2D eigenvalue weighted by Crippen LogP contribution is -2.46. The van der Waals surface area contributed by atoms with Gasteiger partial charge in [0, 0.05) is 26.7 Å².